The molecule has 4 heteroatoms. The molecule has 1 atom stereocenters. The third-order valence-electron chi connectivity index (χ3n) is 5.20. The number of nitrogens with zero attached hydrogens (tertiary/aromatic N) is 2. The predicted octanol–water partition coefficient (Wildman–Crippen LogP) is 3.02. The van der Waals surface area contributed by atoms with E-state index in [1.165, 1.54) is 16.8 Å². The molecule has 0 spiro atoms. The van der Waals surface area contributed by atoms with Gasteiger partial charge in [0.2, 0.25) is 0 Å². The second kappa shape index (κ2) is 6.29. The van der Waals surface area contributed by atoms with Gasteiger partial charge in [0.05, 0.1) is 5.56 Å². The summed E-state index contributed by atoms with van der Waals surface area (Å²) in [6.07, 6.45) is 2.07. The van der Waals surface area contributed by atoms with Crippen LogP contribution in [0.1, 0.15) is 27.9 Å². The van der Waals surface area contributed by atoms with Gasteiger partial charge >= 0.3 is 5.97 Å². The van der Waals surface area contributed by atoms with E-state index in [0.717, 1.165) is 39.0 Å². The fourth-order valence-electron chi connectivity index (χ4n) is 3.99. The zero-order valence-electron chi connectivity index (χ0n) is 13.7. The Morgan fingerprint density at radius 1 is 1.12 bits per heavy atom. The molecule has 0 amide bonds. The molecule has 2 heterocycles. The molecule has 0 radical (unpaired) electrons. The number of hydrogen-bond acceptors (Lipinski definition) is 3. The minimum Gasteiger partial charge on any atom is -0.478 e. The average Bonchev–Trinajstić information content (AvgIpc) is 2.61. The smallest absolute Gasteiger partial charge is 0.335 e. The molecule has 0 saturated carbocycles. The van der Waals surface area contributed by atoms with Gasteiger partial charge in [-0.05, 0) is 42.2 Å². The highest BCUT2D eigenvalue weighted by atomic mass is 16.4. The first kappa shape index (κ1) is 15.2. The summed E-state index contributed by atoms with van der Waals surface area (Å²) in [5, 5.41) is 9.17. The molecule has 2 aromatic rings. The van der Waals surface area contributed by atoms with Crippen LogP contribution in [0.4, 0.5) is 5.69 Å². The van der Waals surface area contributed by atoms with E-state index in [2.05, 4.69) is 40.1 Å². The number of carbonyl (C=O) groups is 1. The lowest BCUT2D eigenvalue weighted by Crippen LogP contribution is -2.54. The largest absolute Gasteiger partial charge is 0.478 e. The minimum atomic E-state index is -0.840. The van der Waals surface area contributed by atoms with Gasteiger partial charge in [0.1, 0.15) is 0 Å². The number of aryl methyl sites for hydroxylation is 1. The Morgan fingerprint density at radius 3 is 2.75 bits per heavy atom. The average molecular weight is 322 g/mol. The summed E-state index contributed by atoms with van der Waals surface area (Å²) < 4.78 is 0. The SMILES string of the molecule is O=C(O)c1ccc2c(c1)CC[C@@H]1CN(Cc3ccccc3)CCN21. The number of benzene rings is 2. The van der Waals surface area contributed by atoms with Crippen LogP contribution >= 0.6 is 0 Å². The van der Waals surface area contributed by atoms with Gasteiger partial charge in [-0.3, -0.25) is 4.90 Å². The van der Waals surface area contributed by atoms with Crippen LogP contribution in [-0.4, -0.2) is 41.7 Å². The molecule has 1 saturated heterocycles. The van der Waals surface area contributed by atoms with E-state index < -0.39 is 5.97 Å². The highest BCUT2D eigenvalue weighted by molar-refractivity contribution is 5.88. The fraction of sp³-hybridized carbons (Fsp3) is 0.350. The van der Waals surface area contributed by atoms with E-state index in [-0.39, 0.29) is 0 Å². The molecule has 1 fully saturated rings. The summed E-state index contributed by atoms with van der Waals surface area (Å²) in [6.45, 7) is 4.15. The summed E-state index contributed by atoms with van der Waals surface area (Å²) in [6, 6.07) is 16.8. The molecule has 4 nitrogen and oxygen atoms in total. The molecular formula is C20H22N2O2. The second-order valence-corrected chi connectivity index (χ2v) is 6.76. The Hall–Kier alpha value is -2.33. The third-order valence-corrected chi connectivity index (χ3v) is 5.20. The van der Waals surface area contributed by atoms with Crippen LogP contribution in [0, 0.1) is 0 Å². The van der Waals surface area contributed by atoms with Gasteiger partial charge in [0, 0.05) is 37.9 Å². The van der Waals surface area contributed by atoms with Crippen LogP contribution < -0.4 is 4.90 Å². The van der Waals surface area contributed by atoms with Gasteiger partial charge in [-0.15, -0.1) is 0 Å². The van der Waals surface area contributed by atoms with Crippen molar-refractivity contribution in [2.75, 3.05) is 24.5 Å². The van der Waals surface area contributed by atoms with E-state index in [1.807, 2.05) is 12.1 Å². The van der Waals surface area contributed by atoms with Crippen molar-refractivity contribution in [3.63, 3.8) is 0 Å². The van der Waals surface area contributed by atoms with E-state index in [4.69, 9.17) is 0 Å². The van der Waals surface area contributed by atoms with Gasteiger partial charge in [-0.1, -0.05) is 30.3 Å². The normalized spacial score (nSPS) is 20.3. The monoisotopic (exact) mass is 322 g/mol. The summed E-state index contributed by atoms with van der Waals surface area (Å²) in [5.74, 6) is -0.840. The molecule has 1 N–H and O–H groups in total. The van der Waals surface area contributed by atoms with E-state index in [9.17, 15) is 9.90 Å². The molecule has 24 heavy (non-hydrogen) atoms. The van der Waals surface area contributed by atoms with Crippen molar-refractivity contribution in [1.29, 1.82) is 0 Å². The van der Waals surface area contributed by atoms with Gasteiger partial charge in [-0.25, -0.2) is 4.79 Å². The number of hydrogen-bond donors (Lipinski definition) is 1. The van der Waals surface area contributed by atoms with Crippen LogP contribution in [0.3, 0.4) is 0 Å². The summed E-state index contributed by atoms with van der Waals surface area (Å²) >= 11 is 0. The molecule has 0 aromatic heterocycles. The van der Waals surface area contributed by atoms with Crippen molar-refractivity contribution >= 4 is 11.7 Å². The van der Waals surface area contributed by atoms with Crippen molar-refractivity contribution < 1.29 is 9.90 Å². The van der Waals surface area contributed by atoms with Crippen LogP contribution in [0.5, 0.6) is 0 Å². The topological polar surface area (TPSA) is 43.8 Å². The number of carboxylic acid groups (broad SMARTS) is 1. The Kier molecular flexibility index (Phi) is 3.98. The van der Waals surface area contributed by atoms with Gasteiger partial charge in [0.15, 0.2) is 0 Å². The Balaban J connectivity index is 1.49. The minimum absolute atomic E-state index is 0.398. The molecule has 2 aliphatic heterocycles. The second-order valence-electron chi connectivity index (χ2n) is 6.76. The van der Waals surface area contributed by atoms with Crippen molar-refractivity contribution in [2.24, 2.45) is 0 Å². The van der Waals surface area contributed by atoms with E-state index in [1.54, 1.807) is 6.07 Å². The van der Waals surface area contributed by atoms with Crippen molar-refractivity contribution in [3.8, 4) is 0 Å². The third kappa shape index (κ3) is 2.89. The van der Waals surface area contributed by atoms with Crippen LogP contribution in [0.2, 0.25) is 0 Å². The lowest BCUT2D eigenvalue weighted by Gasteiger charge is -2.46. The molecule has 4 rings (SSSR count). The number of carboxylic acids is 1. The first-order chi connectivity index (χ1) is 11.7. The molecule has 2 aliphatic rings. The fourth-order valence-corrected chi connectivity index (χ4v) is 3.99. The molecule has 0 unspecified atom stereocenters. The maximum Gasteiger partial charge on any atom is 0.335 e. The van der Waals surface area contributed by atoms with Crippen molar-refractivity contribution in [1.82, 2.24) is 4.90 Å². The first-order valence-electron chi connectivity index (χ1n) is 8.60. The Labute approximate surface area is 142 Å². The van der Waals surface area contributed by atoms with E-state index in [0.29, 0.717) is 11.6 Å². The Bertz CT molecular complexity index is 745. The predicted molar refractivity (Wildman–Crippen MR) is 94.6 cm³/mol. The highest BCUT2D eigenvalue weighted by Gasteiger charge is 2.31. The molecule has 0 aliphatic carbocycles. The zero-order chi connectivity index (χ0) is 16.5. The van der Waals surface area contributed by atoms with Gasteiger partial charge in [0.25, 0.3) is 0 Å². The molecular weight excluding hydrogens is 300 g/mol. The lowest BCUT2D eigenvalue weighted by molar-refractivity contribution is 0.0696. The van der Waals surface area contributed by atoms with Crippen molar-refractivity contribution in [3.05, 3.63) is 65.2 Å². The van der Waals surface area contributed by atoms with Gasteiger partial charge in [-0.2, -0.15) is 0 Å². The summed E-state index contributed by atoms with van der Waals surface area (Å²) in [4.78, 5) is 16.2. The van der Waals surface area contributed by atoms with E-state index >= 15 is 0 Å². The number of fused-ring (bicyclic) bond motifs is 3. The van der Waals surface area contributed by atoms with Crippen LogP contribution in [-0.2, 0) is 13.0 Å². The zero-order valence-corrected chi connectivity index (χ0v) is 13.7. The molecule has 0 bridgehead atoms. The lowest BCUT2D eigenvalue weighted by atomic mass is 9.92. The van der Waals surface area contributed by atoms with Crippen molar-refractivity contribution in [2.45, 2.75) is 25.4 Å². The highest BCUT2D eigenvalue weighted by Crippen LogP contribution is 2.33. The maximum absolute atomic E-state index is 11.2. The quantitative estimate of drug-likeness (QED) is 0.943. The first-order valence-corrected chi connectivity index (χ1v) is 8.60. The number of anilines is 1. The van der Waals surface area contributed by atoms with Gasteiger partial charge < -0.3 is 10.0 Å². The van der Waals surface area contributed by atoms with Crippen LogP contribution in [0.25, 0.3) is 0 Å². The maximum atomic E-state index is 11.2. The Morgan fingerprint density at radius 2 is 1.96 bits per heavy atom. The standard InChI is InChI=1S/C20H22N2O2/c23-20(24)17-7-9-19-16(12-17)6-8-18-14-21(10-11-22(18)19)13-15-4-2-1-3-5-15/h1-5,7,9,12,18H,6,8,10-11,13-14H2,(H,23,24)/t18-/m1/s1. The molecule has 124 valence electrons. The number of aromatic carboxylic acids is 1. The van der Waals surface area contributed by atoms with Crippen LogP contribution in [0.15, 0.2) is 48.5 Å². The summed E-state index contributed by atoms with van der Waals surface area (Å²) in [7, 11) is 0. The molecule has 2 aromatic carbocycles. The number of piperazine rings is 1. The number of rotatable bonds is 3. The summed E-state index contributed by atoms with van der Waals surface area (Å²) in [5.41, 5.74) is 4.18.